The van der Waals surface area contributed by atoms with Crippen molar-refractivity contribution in [3.8, 4) is 11.5 Å². The van der Waals surface area contributed by atoms with E-state index in [4.69, 9.17) is 9.47 Å². The minimum absolute atomic E-state index is 0.0321. The zero-order valence-corrected chi connectivity index (χ0v) is 20.2. The van der Waals surface area contributed by atoms with Crippen molar-refractivity contribution in [2.75, 3.05) is 50.6 Å². The number of nitrogens with one attached hydrogen (secondary N) is 1. The summed E-state index contributed by atoms with van der Waals surface area (Å²) in [7, 11) is -1.04. The van der Waals surface area contributed by atoms with Crippen LogP contribution in [0.3, 0.4) is 0 Å². The molecule has 0 radical (unpaired) electrons. The summed E-state index contributed by atoms with van der Waals surface area (Å²) < 4.78 is 52.7. The van der Waals surface area contributed by atoms with E-state index in [1.807, 2.05) is 24.3 Å². The molecule has 1 saturated heterocycles. The van der Waals surface area contributed by atoms with E-state index in [0.29, 0.717) is 24.5 Å². The summed E-state index contributed by atoms with van der Waals surface area (Å²) in [6.07, 6.45) is 0. The molecule has 0 aliphatic carbocycles. The molecule has 0 atom stereocenters. The Morgan fingerprint density at radius 1 is 0.886 bits per heavy atom. The first-order valence-corrected chi connectivity index (χ1v) is 12.4. The van der Waals surface area contributed by atoms with Crippen LogP contribution in [0.5, 0.6) is 11.5 Å². The molecule has 1 aliphatic rings. The van der Waals surface area contributed by atoms with Crippen LogP contribution in [-0.2, 0) is 10.0 Å². The Balaban J connectivity index is 1.48. The van der Waals surface area contributed by atoms with Crippen LogP contribution < -0.4 is 19.7 Å². The highest BCUT2D eigenvalue weighted by Gasteiger charge is 2.31. The molecule has 1 heterocycles. The molecule has 3 aromatic rings. The third-order valence-electron chi connectivity index (χ3n) is 5.82. The van der Waals surface area contributed by atoms with E-state index in [1.165, 1.54) is 17.5 Å². The third kappa shape index (κ3) is 5.39. The summed E-state index contributed by atoms with van der Waals surface area (Å²) in [6, 6.07) is 17.6. The average molecular weight is 500 g/mol. The standard InChI is InChI=1S/C25H26FN3O5S/c1-33-21-9-7-20(8-10-21)28-12-14-29(15-13-28)35(31,32)24-16-18(6-11-23(24)26)25(30)27-19-4-3-5-22(17-19)34-2/h3-11,16-17H,12-15H2,1-2H3,(H,27,30). The first-order valence-electron chi connectivity index (χ1n) is 11.0. The SMILES string of the molecule is COc1ccc(N2CCN(S(=O)(=O)c3cc(C(=O)Nc4cccc(OC)c4)ccc3F)CC2)cc1. The van der Waals surface area contributed by atoms with Gasteiger partial charge < -0.3 is 19.7 Å². The number of amides is 1. The minimum Gasteiger partial charge on any atom is -0.497 e. The van der Waals surface area contributed by atoms with Gasteiger partial charge in [-0.25, -0.2) is 12.8 Å². The van der Waals surface area contributed by atoms with Gasteiger partial charge in [0.2, 0.25) is 10.0 Å². The van der Waals surface area contributed by atoms with Gasteiger partial charge in [-0.15, -0.1) is 0 Å². The van der Waals surface area contributed by atoms with Crippen molar-refractivity contribution in [3.05, 3.63) is 78.1 Å². The van der Waals surface area contributed by atoms with Crippen LogP contribution in [0.15, 0.2) is 71.6 Å². The number of hydrogen-bond acceptors (Lipinski definition) is 6. The maximum Gasteiger partial charge on any atom is 0.255 e. The van der Waals surface area contributed by atoms with Gasteiger partial charge in [-0.1, -0.05) is 6.07 Å². The lowest BCUT2D eigenvalue weighted by Gasteiger charge is -2.35. The Morgan fingerprint density at radius 3 is 2.23 bits per heavy atom. The largest absolute Gasteiger partial charge is 0.497 e. The monoisotopic (exact) mass is 499 g/mol. The zero-order valence-electron chi connectivity index (χ0n) is 19.4. The predicted molar refractivity (Wildman–Crippen MR) is 131 cm³/mol. The van der Waals surface area contributed by atoms with E-state index in [-0.39, 0.29) is 18.7 Å². The maximum atomic E-state index is 14.6. The highest BCUT2D eigenvalue weighted by molar-refractivity contribution is 7.89. The smallest absolute Gasteiger partial charge is 0.255 e. The normalized spacial score (nSPS) is 14.4. The van der Waals surface area contributed by atoms with Crippen LogP contribution in [0.25, 0.3) is 0 Å². The number of hydrogen-bond donors (Lipinski definition) is 1. The Morgan fingerprint density at radius 2 is 1.57 bits per heavy atom. The predicted octanol–water partition coefficient (Wildman–Crippen LogP) is 3.61. The van der Waals surface area contributed by atoms with Crippen LogP contribution in [0.4, 0.5) is 15.8 Å². The van der Waals surface area contributed by atoms with Crippen molar-refractivity contribution < 1.29 is 27.1 Å². The van der Waals surface area contributed by atoms with Crippen molar-refractivity contribution in [2.24, 2.45) is 0 Å². The van der Waals surface area contributed by atoms with Gasteiger partial charge in [0.15, 0.2) is 0 Å². The molecular formula is C25H26FN3O5S. The summed E-state index contributed by atoms with van der Waals surface area (Å²) in [5, 5.41) is 2.68. The molecule has 0 aromatic heterocycles. The number of carbonyl (C=O) groups excluding carboxylic acids is 1. The van der Waals surface area contributed by atoms with Crippen molar-refractivity contribution in [2.45, 2.75) is 4.90 Å². The van der Waals surface area contributed by atoms with Gasteiger partial charge in [0, 0.05) is 49.2 Å². The third-order valence-corrected chi connectivity index (χ3v) is 7.73. The van der Waals surface area contributed by atoms with E-state index in [9.17, 15) is 17.6 Å². The number of halogens is 1. The molecule has 184 valence electrons. The van der Waals surface area contributed by atoms with Gasteiger partial charge in [-0.05, 0) is 54.6 Å². The first-order chi connectivity index (χ1) is 16.8. The van der Waals surface area contributed by atoms with Crippen LogP contribution >= 0.6 is 0 Å². The number of benzene rings is 3. The van der Waals surface area contributed by atoms with Crippen LogP contribution in [0.2, 0.25) is 0 Å². The number of rotatable bonds is 7. The molecule has 1 N–H and O–H groups in total. The van der Waals surface area contributed by atoms with E-state index in [1.54, 1.807) is 31.4 Å². The molecule has 1 fully saturated rings. The van der Waals surface area contributed by atoms with Gasteiger partial charge in [0.1, 0.15) is 22.2 Å². The van der Waals surface area contributed by atoms with Crippen molar-refractivity contribution >= 4 is 27.3 Å². The van der Waals surface area contributed by atoms with Crippen LogP contribution in [-0.4, -0.2) is 59.0 Å². The Kier molecular flexibility index (Phi) is 7.23. The Labute approximate surface area is 203 Å². The summed E-state index contributed by atoms with van der Waals surface area (Å²) in [5.41, 5.74) is 1.45. The first kappa shape index (κ1) is 24.5. The maximum absolute atomic E-state index is 14.6. The van der Waals surface area contributed by atoms with E-state index >= 15 is 0 Å². The molecular weight excluding hydrogens is 473 g/mol. The van der Waals surface area contributed by atoms with E-state index in [2.05, 4.69) is 10.2 Å². The van der Waals surface area contributed by atoms with Crippen molar-refractivity contribution in [1.29, 1.82) is 0 Å². The van der Waals surface area contributed by atoms with Crippen molar-refractivity contribution in [1.82, 2.24) is 4.31 Å². The summed E-state index contributed by atoms with van der Waals surface area (Å²) >= 11 is 0. The molecule has 1 amide bonds. The van der Waals surface area contributed by atoms with Gasteiger partial charge in [-0.2, -0.15) is 4.31 Å². The molecule has 0 bridgehead atoms. The van der Waals surface area contributed by atoms with Gasteiger partial charge in [-0.3, -0.25) is 4.79 Å². The summed E-state index contributed by atoms with van der Waals surface area (Å²) in [4.78, 5) is 14.3. The van der Waals surface area contributed by atoms with Gasteiger partial charge in [0.25, 0.3) is 5.91 Å². The number of piperazine rings is 1. The molecule has 8 nitrogen and oxygen atoms in total. The molecule has 4 rings (SSSR count). The number of ether oxygens (including phenoxy) is 2. The topological polar surface area (TPSA) is 88.2 Å². The molecule has 35 heavy (non-hydrogen) atoms. The molecule has 1 aliphatic heterocycles. The fourth-order valence-electron chi connectivity index (χ4n) is 3.87. The highest BCUT2D eigenvalue weighted by Crippen LogP contribution is 2.26. The molecule has 0 saturated carbocycles. The quantitative estimate of drug-likeness (QED) is 0.535. The highest BCUT2D eigenvalue weighted by atomic mass is 32.2. The summed E-state index contributed by atoms with van der Waals surface area (Å²) in [6.45, 7) is 1.27. The van der Waals surface area contributed by atoms with Crippen molar-refractivity contribution in [3.63, 3.8) is 0 Å². The molecule has 10 heteroatoms. The lowest BCUT2D eigenvalue weighted by Crippen LogP contribution is -2.48. The summed E-state index contributed by atoms with van der Waals surface area (Å²) in [5.74, 6) is -0.167. The van der Waals surface area contributed by atoms with Crippen LogP contribution in [0.1, 0.15) is 10.4 Å². The lowest BCUT2D eigenvalue weighted by atomic mass is 10.2. The second kappa shape index (κ2) is 10.3. The second-order valence-electron chi connectivity index (χ2n) is 7.92. The number of methoxy groups -OCH3 is 2. The number of nitrogens with zero attached hydrogens (tertiary/aromatic N) is 2. The average Bonchev–Trinajstić information content (AvgIpc) is 2.89. The Hall–Kier alpha value is -3.63. The molecule has 3 aromatic carbocycles. The fraction of sp³-hybridized carbons (Fsp3) is 0.240. The number of carbonyl (C=O) groups is 1. The van der Waals surface area contributed by atoms with Gasteiger partial charge in [0.05, 0.1) is 14.2 Å². The Bertz CT molecular complexity index is 1310. The molecule has 0 spiro atoms. The number of anilines is 2. The second-order valence-corrected chi connectivity index (χ2v) is 9.83. The van der Waals surface area contributed by atoms with E-state index in [0.717, 1.165) is 23.6 Å². The van der Waals surface area contributed by atoms with Gasteiger partial charge >= 0.3 is 0 Å². The lowest BCUT2D eigenvalue weighted by molar-refractivity contribution is 0.102. The number of sulfonamides is 1. The van der Waals surface area contributed by atoms with Crippen LogP contribution in [0, 0.1) is 5.82 Å². The van der Waals surface area contributed by atoms with E-state index < -0.39 is 26.6 Å². The molecule has 0 unspecified atom stereocenters. The fourth-order valence-corrected chi connectivity index (χ4v) is 5.38. The zero-order chi connectivity index (χ0) is 25.0. The minimum atomic E-state index is -4.14.